The number of hydrogen-bond acceptors (Lipinski definition) is 4. The molecule has 12 heavy (non-hydrogen) atoms. The van der Waals surface area contributed by atoms with Gasteiger partial charge in [0.15, 0.2) is 0 Å². The van der Waals surface area contributed by atoms with Gasteiger partial charge in [-0.25, -0.2) is 0 Å². The van der Waals surface area contributed by atoms with Crippen molar-refractivity contribution in [1.82, 2.24) is 0 Å². The topological polar surface area (TPSA) is 127 Å². The summed E-state index contributed by atoms with van der Waals surface area (Å²) in [4.78, 5) is 0. The summed E-state index contributed by atoms with van der Waals surface area (Å²) in [5.41, 5.74) is 0. The SMILES string of the molecule is O.[C-]#N.[C-]#N.[C-]#N.[C-]#N.[K+].[K+].[Ni+2]. The fourth-order valence-corrected chi connectivity index (χ4v) is 0. The van der Waals surface area contributed by atoms with Gasteiger partial charge in [0.2, 0.25) is 0 Å². The summed E-state index contributed by atoms with van der Waals surface area (Å²) in [5, 5.41) is 25.0. The molecule has 0 fully saturated rings. The molecule has 0 aliphatic rings. The average molecular weight is 259 g/mol. The minimum absolute atomic E-state index is 0. The van der Waals surface area contributed by atoms with Gasteiger partial charge in [0.1, 0.15) is 0 Å². The van der Waals surface area contributed by atoms with Crippen LogP contribution in [0, 0.1) is 47.3 Å². The Morgan fingerprint density at radius 2 is 0.500 bits per heavy atom. The maximum atomic E-state index is 6.25. The van der Waals surface area contributed by atoms with Crippen LogP contribution in [0.3, 0.4) is 0 Å². The Bertz CT molecular complexity index is 68.0. The summed E-state index contributed by atoms with van der Waals surface area (Å²) in [7, 11) is 0. The number of hydrogen-bond donors (Lipinski definition) is 0. The van der Waals surface area contributed by atoms with Gasteiger partial charge in [-0.1, -0.05) is 0 Å². The van der Waals surface area contributed by atoms with E-state index in [1.807, 2.05) is 0 Å². The quantitative estimate of drug-likeness (QED) is 0.316. The molecule has 0 spiro atoms. The summed E-state index contributed by atoms with van der Waals surface area (Å²) in [6.45, 7) is 19.0. The van der Waals surface area contributed by atoms with Gasteiger partial charge in [0.05, 0.1) is 0 Å². The third-order valence-corrected chi connectivity index (χ3v) is 0. The number of rotatable bonds is 0. The van der Waals surface area contributed by atoms with Crippen LogP contribution < -0.4 is 103 Å². The summed E-state index contributed by atoms with van der Waals surface area (Å²) in [6.07, 6.45) is 0. The van der Waals surface area contributed by atoms with E-state index in [9.17, 15) is 0 Å². The zero-order chi connectivity index (χ0) is 8.00. The van der Waals surface area contributed by atoms with Gasteiger partial charge in [-0.3, -0.25) is 0 Å². The van der Waals surface area contributed by atoms with E-state index in [4.69, 9.17) is 47.3 Å². The molecule has 0 saturated carbocycles. The standard InChI is InChI=1S/4CN.2K.Ni.H2O/c4*1-2;;;;/h;;;;;;;1H2/q4*-1;2*+1;+2;. The average Bonchev–Trinajstić information content (AvgIpc) is 2.03. The van der Waals surface area contributed by atoms with Gasteiger partial charge in [0, 0.05) is 0 Å². The van der Waals surface area contributed by atoms with Crippen molar-refractivity contribution in [2.24, 2.45) is 0 Å². The zero-order valence-electron chi connectivity index (χ0n) is 6.61. The van der Waals surface area contributed by atoms with Gasteiger partial charge in [-0.05, 0) is 0 Å². The van der Waals surface area contributed by atoms with E-state index in [-0.39, 0.29) is 125 Å². The van der Waals surface area contributed by atoms with Crippen molar-refractivity contribution < 1.29 is 125 Å². The molecule has 0 atom stereocenters. The molecule has 56 valence electrons. The fraction of sp³-hybridized carbons (Fsp3) is 0. The first-order valence-electron chi connectivity index (χ1n) is 0.894. The second kappa shape index (κ2) is 609. The molecule has 0 saturated heterocycles. The third kappa shape index (κ3) is 469. The minimum Gasteiger partial charge on any atom is -0.512 e. The predicted octanol–water partition coefficient (Wildman–Crippen LogP) is -6.43. The van der Waals surface area contributed by atoms with E-state index < -0.39 is 0 Å². The van der Waals surface area contributed by atoms with Crippen LogP contribution in [-0.2, 0) is 16.5 Å². The molecule has 0 radical (unpaired) electrons. The Morgan fingerprint density at radius 1 is 0.500 bits per heavy atom. The fourth-order valence-electron chi connectivity index (χ4n) is 0. The Kier molecular flexibility index (Phi) is 3460. The monoisotopic (exact) mass is 258 g/mol. The first-order valence-corrected chi connectivity index (χ1v) is 0.894. The van der Waals surface area contributed by atoms with Gasteiger partial charge in [0.25, 0.3) is 0 Å². The largest absolute Gasteiger partial charge is 2.00 e. The zero-order valence-corrected chi connectivity index (χ0v) is 13.8. The molecule has 0 aromatic rings. The summed E-state index contributed by atoms with van der Waals surface area (Å²) < 4.78 is 0. The normalized spacial score (nSPS) is 0.667. The van der Waals surface area contributed by atoms with Gasteiger partial charge >= 0.3 is 119 Å². The Labute approximate surface area is 168 Å². The predicted molar refractivity (Wildman–Crippen MR) is 23.5 cm³/mol. The first kappa shape index (κ1) is 68.1. The molecule has 8 heteroatoms. The molecule has 0 rings (SSSR count). The van der Waals surface area contributed by atoms with Crippen molar-refractivity contribution in [3.8, 4) is 0 Å². The molecular formula is C4H2K2N4NiO. The van der Waals surface area contributed by atoms with E-state index in [0.717, 1.165) is 0 Å². The number of nitrogens with zero attached hydrogens (tertiary/aromatic N) is 4. The van der Waals surface area contributed by atoms with Crippen LogP contribution >= 0.6 is 0 Å². The van der Waals surface area contributed by atoms with Gasteiger partial charge in [-0.2, -0.15) is 0 Å². The van der Waals surface area contributed by atoms with Crippen LogP contribution in [0.2, 0.25) is 0 Å². The van der Waals surface area contributed by atoms with E-state index >= 15 is 0 Å². The van der Waals surface area contributed by atoms with Gasteiger partial charge in [-0.15, -0.1) is 0 Å². The van der Waals surface area contributed by atoms with E-state index in [1.54, 1.807) is 0 Å². The minimum atomic E-state index is 0. The smallest absolute Gasteiger partial charge is 0.512 e. The molecule has 0 aliphatic heterocycles. The van der Waals surface area contributed by atoms with Crippen molar-refractivity contribution in [2.75, 3.05) is 0 Å². The van der Waals surface area contributed by atoms with Crippen LogP contribution in [-0.4, -0.2) is 5.48 Å². The molecule has 0 aromatic heterocycles. The van der Waals surface area contributed by atoms with E-state index in [2.05, 4.69) is 0 Å². The van der Waals surface area contributed by atoms with Crippen LogP contribution in [0.1, 0.15) is 0 Å². The molecule has 0 unspecified atom stereocenters. The Morgan fingerprint density at radius 3 is 0.500 bits per heavy atom. The van der Waals surface area contributed by atoms with Crippen molar-refractivity contribution in [1.29, 1.82) is 21.0 Å². The van der Waals surface area contributed by atoms with Crippen LogP contribution in [0.5, 0.6) is 0 Å². The second-order valence-electron chi connectivity index (χ2n) is 0. The molecule has 0 aromatic carbocycles. The van der Waals surface area contributed by atoms with Crippen LogP contribution in [0.15, 0.2) is 0 Å². The molecule has 0 bridgehead atoms. The maximum Gasteiger partial charge on any atom is 2.00 e. The third-order valence-electron chi connectivity index (χ3n) is 0. The van der Waals surface area contributed by atoms with E-state index in [0.29, 0.717) is 0 Å². The maximum absolute atomic E-state index is 6.25. The summed E-state index contributed by atoms with van der Waals surface area (Å²) in [6, 6.07) is 0. The Balaban J connectivity index is -0.00000000267. The molecule has 2 N–H and O–H groups in total. The molecule has 5 nitrogen and oxygen atoms in total. The van der Waals surface area contributed by atoms with Crippen LogP contribution in [0.25, 0.3) is 0 Å². The van der Waals surface area contributed by atoms with Crippen molar-refractivity contribution in [2.45, 2.75) is 0 Å². The van der Waals surface area contributed by atoms with Crippen molar-refractivity contribution in [3.63, 3.8) is 0 Å². The molecule has 0 heterocycles. The van der Waals surface area contributed by atoms with Crippen LogP contribution in [0.4, 0.5) is 0 Å². The van der Waals surface area contributed by atoms with Crippen molar-refractivity contribution >= 4 is 0 Å². The summed E-state index contributed by atoms with van der Waals surface area (Å²) >= 11 is 0. The van der Waals surface area contributed by atoms with E-state index in [1.165, 1.54) is 0 Å². The first-order chi connectivity index (χ1) is 4.00. The van der Waals surface area contributed by atoms with Crippen molar-refractivity contribution in [3.05, 3.63) is 26.3 Å². The second-order valence-corrected chi connectivity index (χ2v) is 0. The molecule has 0 aliphatic carbocycles. The molecule has 0 amide bonds. The Hall–Kier alpha value is 1.69. The summed E-state index contributed by atoms with van der Waals surface area (Å²) in [5.74, 6) is 0. The molecular weight excluding hydrogens is 257 g/mol. The van der Waals surface area contributed by atoms with Gasteiger partial charge < -0.3 is 52.8 Å².